The first-order valence-electron chi connectivity index (χ1n) is 2.50. The average Bonchev–Trinajstić information content (AvgIpc) is 2.05. The molecule has 3 nitrogen and oxygen atoms in total. The Balaban J connectivity index is 3.54. The van der Waals surface area contributed by atoms with Gasteiger partial charge in [-0.2, -0.15) is 0 Å². The van der Waals surface area contributed by atoms with Gasteiger partial charge in [0.15, 0.2) is 0 Å². The summed E-state index contributed by atoms with van der Waals surface area (Å²) in [7, 11) is -3.66. The third kappa shape index (κ3) is 2.10. The fraction of sp³-hybridized carbons (Fsp3) is 0. The van der Waals surface area contributed by atoms with Crippen molar-refractivity contribution in [3.8, 4) is 0 Å². The molecule has 0 saturated carbocycles. The molecule has 0 aliphatic carbocycles. The zero-order valence-corrected chi connectivity index (χ0v) is 11.7. The number of sulfonamides is 1. The summed E-state index contributed by atoms with van der Waals surface area (Å²) in [6.45, 7) is 0. The van der Waals surface area contributed by atoms with Crippen LogP contribution in [0, 0.1) is 0 Å². The Hall–Kier alpha value is 1.05. The Bertz CT molecular complexity index is 410. The van der Waals surface area contributed by atoms with Crippen molar-refractivity contribution in [2.24, 2.45) is 5.14 Å². The summed E-state index contributed by atoms with van der Waals surface area (Å²) in [5, 5.41) is 4.97. The van der Waals surface area contributed by atoms with Crippen LogP contribution in [0.5, 0.6) is 0 Å². The molecule has 0 atom stereocenters. The maximum Gasteiger partial charge on any atom is 0.241 e. The normalized spacial score (nSPS) is 12.0. The summed E-state index contributed by atoms with van der Waals surface area (Å²) >= 11 is 10.6. The second kappa shape index (κ2) is 3.66. The summed E-state index contributed by atoms with van der Waals surface area (Å²) in [5.41, 5.74) is 0. The summed E-state index contributed by atoms with van der Waals surface area (Å²) in [6.07, 6.45) is 0. The lowest BCUT2D eigenvalue weighted by Crippen LogP contribution is -2.12. The molecular formula is C4H2Br3NO2S2. The maximum absolute atomic E-state index is 11.0. The van der Waals surface area contributed by atoms with Crippen LogP contribution in [-0.4, -0.2) is 8.42 Å². The van der Waals surface area contributed by atoms with E-state index < -0.39 is 10.0 Å². The van der Waals surface area contributed by atoms with Crippen LogP contribution in [0.4, 0.5) is 0 Å². The molecule has 8 heteroatoms. The molecule has 0 aliphatic heterocycles. The first kappa shape index (κ1) is 11.1. The molecule has 0 amide bonds. The van der Waals surface area contributed by atoms with Gasteiger partial charge >= 0.3 is 0 Å². The summed E-state index contributed by atoms with van der Waals surface area (Å²) < 4.78 is 23.6. The van der Waals surface area contributed by atoms with Crippen molar-refractivity contribution in [1.82, 2.24) is 0 Å². The molecule has 1 rings (SSSR count). The number of rotatable bonds is 1. The minimum atomic E-state index is -3.66. The van der Waals surface area contributed by atoms with Crippen molar-refractivity contribution in [1.29, 1.82) is 0 Å². The quantitative estimate of drug-likeness (QED) is 0.789. The van der Waals surface area contributed by atoms with Crippen LogP contribution < -0.4 is 5.14 Å². The summed E-state index contributed by atoms with van der Waals surface area (Å²) in [6, 6.07) is 0. The Morgan fingerprint density at radius 1 is 1.17 bits per heavy atom. The van der Waals surface area contributed by atoms with E-state index in [-0.39, 0.29) is 4.90 Å². The molecule has 1 aromatic heterocycles. The van der Waals surface area contributed by atoms with Crippen molar-refractivity contribution in [3.63, 3.8) is 0 Å². The molecule has 0 bridgehead atoms. The maximum atomic E-state index is 11.0. The molecule has 0 aliphatic rings. The Kier molecular flexibility index (Phi) is 3.39. The highest BCUT2D eigenvalue weighted by Gasteiger charge is 2.21. The van der Waals surface area contributed by atoms with Gasteiger partial charge < -0.3 is 0 Å². The number of hydrogen-bond donors (Lipinski definition) is 1. The van der Waals surface area contributed by atoms with Crippen molar-refractivity contribution in [3.05, 3.63) is 12.0 Å². The van der Waals surface area contributed by atoms with Gasteiger partial charge in [0.2, 0.25) is 10.0 Å². The molecule has 12 heavy (non-hydrogen) atoms. The molecule has 2 N–H and O–H groups in total. The van der Waals surface area contributed by atoms with E-state index in [1.165, 1.54) is 11.3 Å². The average molecular weight is 400 g/mol. The molecular weight excluding hydrogens is 398 g/mol. The van der Waals surface area contributed by atoms with Gasteiger partial charge in [-0.1, -0.05) is 0 Å². The molecule has 0 saturated heterocycles. The molecule has 0 aromatic carbocycles. The van der Waals surface area contributed by atoms with E-state index in [0.29, 0.717) is 12.0 Å². The predicted octanol–water partition coefficient (Wildman–Crippen LogP) is 2.68. The highest BCUT2D eigenvalue weighted by Crippen LogP contribution is 2.42. The smallest absolute Gasteiger partial charge is 0.225 e. The Morgan fingerprint density at radius 3 is 1.83 bits per heavy atom. The van der Waals surface area contributed by atoms with Gasteiger partial charge in [0.25, 0.3) is 0 Å². The van der Waals surface area contributed by atoms with Gasteiger partial charge in [-0.05, 0) is 47.8 Å². The molecule has 1 aromatic rings. The fourth-order valence-electron chi connectivity index (χ4n) is 0.582. The van der Waals surface area contributed by atoms with Crippen molar-refractivity contribution < 1.29 is 8.42 Å². The van der Waals surface area contributed by atoms with E-state index in [0.717, 1.165) is 0 Å². The van der Waals surface area contributed by atoms with E-state index in [1.807, 2.05) is 0 Å². The van der Waals surface area contributed by atoms with Gasteiger partial charge in [-0.25, -0.2) is 13.6 Å². The second-order valence-corrected chi connectivity index (χ2v) is 7.79. The topological polar surface area (TPSA) is 60.2 Å². The minimum absolute atomic E-state index is 0.0828. The van der Waals surface area contributed by atoms with Crippen LogP contribution in [0.15, 0.2) is 16.9 Å². The summed E-state index contributed by atoms with van der Waals surface area (Å²) in [5.74, 6) is 0. The molecule has 0 spiro atoms. The van der Waals surface area contributed by atoms with Gasteiger partial charge in [0, 0.05) is 0 Å². The standard InChI is InChI=1S/C4H2Br3NO2S2/c5-1-2(12(8,9)10)4(7)11-3(1)6/h(H2,8,9,10). The Labute approximate surface area is 98.8 Å². The highest BCUT2D eigenvalue weighted by molar-refractivity contribution is 9.14. The minimum Gasteiger partial charge on any atom is -0.225 e. The van der Waals surface area contributed by atoms with Gasteiger partial charge in [-0.15, -0.1) is 11.3 Å². The van der Waals surface area contributed by atoms with Gasteiger partial charge in [-0.3, -0.25) is 0 Å². The first-order chi connectivity index (χ1) is 5.34. The monoisotopic (exact) mass is 397 g/mol. The van der Waals surface area contributed by atoms with E-state index in [4.69, 9.17) is 5.14 Å². The number of thiophene rings is 1. The molecule has 68 valence electrons. The van der Waals surface area contributed by atoms with E-state index in [2.05, 4.69) is 47.8 Å². The number of primary sulfonamides is 1. The number of hydrogen-bond acceptors (Lipinski definition) is 3. The number of nitrogens with two attached hydrogens (primary N) is 1. The lowest BCUT2D eigenvalue weighted by atomic mass is 10.7. The van der Waals surface area contributed by atoms with E-state index >= 15 is 0 Å². The van der Waals surface area contributed by atoms with Gasteiger partial charge in [0.05, 0.1) is 12.0 Å². The fourth-order valence-corrected chi connectivity index (χ4v) is 6.58. The lowest BCUT2D eigenvalue weighted by molar-refractivity contribution is 0.597. The van der Waals surface area contributed by atoms with Crippen molar-refractivity contribution >= 4 is 69.1 Å². The zero-order valence-electron chi connectivity index (χ0n) is 5.34. The van der Waals surface area contributed by atoms with Crippen molar-refractivity contribution in [2.75, 3.05) is 0 Å². The molecule has 0 unspecified atom stereocenters. The highest BCUT2D eigenvalue weighted by atomic mass is 79.9. The van der Waals surface area contributed by atoms with E-state index in [1.54, 1.807) is 0 Å². The van der Waals surface area contributed by atoms with Crippen LogP contribution in [0.3, 0.4) is 0 Å². The van der Waals surface area contributed by atoms with Crippen LogP contribution >= 0.6 is 59.1 Å². The third-order valence-electron chi connectivity index (χ3n) is 1.01. The van der Waals surface area contributed by atoms with E-state index in [9.17, 15) is 8.42 Å². The van der Waals surface area contributed by atoms with Crippen molar-refractivity contribution in [2.45, 2.75) is 4.90 Å². The molecule has 1 heterocycles. The molecule has 0 fully saturated rings. The predicted molar refractivity (Wildman–Crippen MR) is 58.8 cm³/mol. The first-order valence-corrected chi connectivity index (χ1v) is 7.24. The SMILES string of the molecule is NS(=O)(=O)c1c(Br)sc(Br)c1Br. The van der Waals surface area contributed by atoms with Gasteiger partial charge in [0.1, 0.15) is 4.90 Å². The second-order valence-electron chi connectivity index (χ2n) is 1.84. The van der Waals surface area contributed by atoms with Crippen LogP contribution in [0.1, 0.15) is 0 Å². The van der Waals surface area contributed by atoms with Crippen LogP contribution in [-0.2, 0) is 10.0 Å². The third-order valence-corrected chi connectivity index (χ3v) is 6.76. The van der Waals surface area contributed by atoms with Crippen LogP contribution in [0.25, 0.3) is 0 Å². The lowest BCUT2D eigenvalue weighted by Gasteiger charge is -1.94. The Morgan fingerprint density at radius 2 is 1.67 bits per heavy atom. The van der Waals surface area contributed by atoms with Crippen LogP contribution in [0.2, 0.25) is 0 Å². The zero-order chi connectivity index (χ0) is 9.52. The largest absolute Gasteiger partial charge is 0.241 e. The number of halogens is 3. The summed E-state index contributed by atoms with van der Waals surface area (Å²) in [4.78, 5) is 0.0828. The molecule has 0 radical (unpaired) electrons.